The molecule has 11 heteroatoms. The van der Waals surface area contributed by atoms with Crippen molar-refractivity contribution < 1.29 is 9.66 Å². The highest BCUT2D eigenvalue weighted by atomic mass is 35.5. The molecule has 1 aromatic heterocycles. The lowest BCUT2D eigenvalue weighted by atomic mass is 10.2. The van der Waals surface area contributed by atoms with Crippen LogP contribution in [0.5, 0.6) is 5.75 Å². The SMILES string of the molecule is COc1cc([N+](=O)[O-])ccc1N=Cc1c(C)[nH]n(-c2c(Cl)cc(Cl)cc2Cl)c1=O. The number of ether oxygens (including phenoxy) is 1. The lowest BCUT2D eigenvalue weighted by Crippen LogP contribution is -2.18. The first-order valence-corrected chi connectivity index (χ1v) is 9.19. The van der Waals surface area contributed by atoms with Gasteiger partial charge in [0.1, 0.15) is 11.4 Å². The van der Waals surface area contributed by atoms with Gasteiger partial charge in [0, 0.05) is 23.0 Å². The van der Waals surface area contributed by atoms with Gasteiger partial charge < -0.3 is 4.74 Å². The second kappa shape index (κ2) is 8.28. The number of aromatic nitrogens is 2. The van der Waals surface area contributed by atoms with E-state index in [-0.39, 0.29) is 32.7 Å². The van der Waals surface area contributed by atoms with Gasteiger partial charge in [0.2, 0.25) is 0 Å². The van der Waals surface area contributed by atoms with Crippen LogP contribution in [0, 0.1) is 17.0 Å². The van der Waals surface area contributed by atoms with E-state index in [0.29, 0.717) is 16.4 Å². The zero-order valence-corrected chi connectivity index (χ0v) is 17.3. The molecule has 150 valence electrons. The summed E-state index contributed by atoms with van der Waals surface area (Å²) in [6.45, 7) is 1.68. The third-order valence-corrected chi connectivity index (χ3v) is 4.82. The number of aromatic amines is 1. The van der Waals surface area contributed by atoms with Gasteiger partial charge >= 0.3 is 0 Å². The highest BCUT2D eigenvalue weighted by Crippen LogP contribution is 2.32. The van der Waals surface area contributed by atoms with Crippen LogP contribution in [0.1, 0.15) is 11.3 Å². The Labute approximate surface area is 179 Å². The number of hydrogen-bond acceptors (Lipinski definition) is 5. The molecule has 0 amide bonds. The van der Waals surface area contributed by atoms with E-state index in [4.69, 9.17) is 39.5 Å². The van der Waals surface area contributed by atoms with Gasteiger partial charge in [-0.3, -0.25) is 25.0 Å². The van der Waals surface area contributed by atoms with Crippen molar-refractivity contribution in [1.29, 1.82) is 0 Å². The molecule has 0 saturated heterocycles. The summed E-state index contributed by atoms with van der Waals surface area (Å²) in [5, 5.41) is 14.5. The quantitative estimate of drug-likeness (QED) is 0.328. The maximum absolute atomic E-state index is 12.9. The standard InChI is InChI=1S/C18H13Cl3N4O4/c1-9-12(8-22-15-4-3-11(25(27)28)7-16(15)29-2)18(26)24(23-9)17-13(20)5-10(19)6-14(17)21/h3-8,23H,1-2H3. The number of nitrogens with one attached hydrogen (secondary N) is 1. The number of nitrogens with zero attached hydrogens (tertiary/aromatic N) is 3. The second-order valence-electron chi connectivity index (χ2n) is 5.88. The summed E-state index contributed by atoms with van der Waals surface area (Å²) < 4.78 is 6.34. The van der Waals surface area contributed by atoms with E-state index in [1.807, 2.05) is 0 Å². The molecular weight excluding hydrogens is 443 g/mol. The molecule has 0 bridgehead atoms. The summed E-state index contributed by atoms with van der Waals surface area (Å²) in [6.07, 6.45) is 1.34. The van der Waals surface area contributed by atoms with Crippen molar-refractivity contribution in [1.82, 2.24) is 9.78 Å². The van der Waals surface area contributed by atoms with Crippen LogP contribution >= 0.6 is 34.8 Å². The van der Waals surface area contributed by atoms with E-state index in [2.05, 4.69) is 10.1 Å². The minimum Gasteiger partial charge on any atom is -0.494 e. The molecule has 29 heavy (non-hydrogen) atoms. The highest BCUT2D eigenvalue weighted by molar-refractivity contribution is 6.40. The van der Waals surface area contributed by atoms with Crippen LogP contribution in [-0.2, 0) is 0 Å². The van der Waals surface area contributed by atoms with Crippen LogP contribution in [0.4, 0.5) is 11.4 Å². The van der Waals surface area contributed by atoms with Crippen molar-refractivity contribution in [3.8, 4) is 11.4 Å². The minimum absolute atomic E-state index is 0.131. The summed E-state index contributed by atoms with van der Waals surface area (Å²) in [5.41, 5.74) is 0.797. The van der Waals surface area contributed by atoms with Gasteiger partial charge in [-0.1, -0.05) is 34.8 Å². The van der Waals surface area contributed by atoms with E-state index in [1.165, 1.54) is 48.3 Å². The third-order valence-electron chi connectivity index (χ3n) is 4.03. The van der Waals surface area contributed by atoms with Crippen LogP contribution in [-0.4, -0.2) is 28.0 Å². The summed E-state index contributed by atoms with van der Waals surface area (Å²) in [7, 11) is 1.37. The second-order valence-corrected chi connectivity index (χ2v) is 7.13. The fourth-order valence-corrected chi connectivity index (χ4v) is 3.62. The average Bonchev–Trinajstić information content (AvgIpc) is 2.92. The number of benzene rings is 2. The summed E-state index contributed by atoms with van der Waals surface area (Å²) in [4.78, 5) is 27.5. The molecule has 0 aliphatic carbocycles. The normalized spacial score (nSPS) is 11.2. The highest BCUT2D eigenvalue weighted by Gasteiger charge is 2.17. The Morgan fingerprint density at radius 1 is 1.21 bits per heavy atom. The monoisotopic (exact) mass is 454 g/mol. The van der Waals surface area contributed by atoms with E-state index in [1.54, 1.807) is 6.92 Å². The number of rotatable bonds is 5. The van der Waals surface area contributed by atoms with Crippen molar-refractivity contribution >= 4 is 52.4 Å². The lowest BCUT2D eigenvalue weighted by Gasteiger charge is -2.07. The smallest absolute Gasteiger partial charge is 0.280 e. The number of hydrogen-bond donors (Lipinski definition) is 1. The van der Waals surface area contributed by atoms with Crippen LogP contribution in [0.2, 0.25) is 15.1 Å². The Kier molecular flexibility index (Phi) is 5.97. The first kappa shape index (κ1) is 20.9. The van der Waals surface area contributed by atoms with E-state index < -0.39 is 10.5 Å². The fourth-order valence-electron chi connectivity index (χ4n) is 2.64. The van der Waals surface area contributed by atoms with Gasteiger partial charge in [0.05, 0.1) is 33.7 Å². The summed E-state index contributed by atoms with van der Waals surface area (Å²) >= 11 is 18.3. The van der Waals surface area contributed by atoms with E-state index >= 15 is 0 Å². The number of aliphatic imine (C=N–C) groups is 1. The molecule has 0 atom stereocenters. The molecule has 0 unspecified atom stereocenters. The molecule has 0 radical (unpaired) electrons. The van der Waals surface area contributed by atoms with Crippen molar-refractivity contribution in [2.75, 3.05) is 7.11 Å². The summed E-state index contributed by atoms with van der Waals surface area (Å²) in [5.74, 6) is 0.202. The first-order chi connectivity index (χ1) is 13.7. The van der Waals surface area contributed by atoms with Crippen molar-refractivity contribution in [2.24, 2.45) is 4.99 Å². The largest absolute Gasteiger partial charge is 0.494 e. The Hall–Kier alpha value is -2.81. The molecule has 2 aromatic carbocycles. The molecule has 8 nitrogen and oxygen atoms in total. The number of methoxy groups -OCH3 is 1. The van der Waals surface area contributed by atoms with Gasteiger partial charge in [-0.15, -0.1) is 0 Å². The number of nitro benzene ring substituents is 1. The Balaban J connectivity index is 2.05. The molecule has 1 N–H and O–H groups in total. The lowest BCUT2D eigenvalue weighted by molar-refractivity contribution is -0.384. The van der Waals surface area contributed by atoms with E-state index in [9.17, 15) is 14.9 Å². The van der Waals surface area contributed by atoms with Gasteiger partial charge in [0.25, 0.3) is 11.2 Å². The molecule has 0 aliphatic rings. The molecule has 1 heterocycles. The maximum Gasteiger partial charge on any atom is 0.280 e. The predicted molar refractivity (Wildman–Crippen MR) is 113 cm³/mol. The Bertz CT molecular complexity index is 1180. The first-order valence-electron chi connectivity index (χ1n) is 8.06. The number of halogens is 3. The zero-order valence-electron chi connectivity index (χ0n) is 15.1. The maximum atomic E-state index is 12.9. The predicted octanol–water partition coefficient (Wildman–Crippen LogP) is 5.10. The summed E-state index contributed by atoms with van der Waals surface area (Å²) in [6, 6.07) is 6.93. The number of H-pyrrole nitrogens is 1. The minimum atomic E-state index is -0.537. The van der Waals surface area contributed by atoms with Gasteiger partial charge in [-0.2, -0.15) is 0 Å². The third kappa shape index (κ3) is 4.14. The Morgan fingerprint density at radius 2 is 1.86 bits per heavy atom. The number of aryl methyl sites for hydroxylation is 1. The fraction of sp³-hybridized carbons (Fsp3) is 0.111. The van der Waals surface area contributed by atoms with Gasteiger partial charge in [-0.25, -0.2) is 4.68 Å². The van der Waals surface area contributed by atoms with Crippen LogP contribution in [0.15, 0.2) is 40.1 Å². The van der Waals surface area contributed by atoms with Crippen LogP contribution < -0.4 is 10.3 Å². The topological polar surface area (TPSA) is 103 Å². The number of nitro groups is 1. The molecule has 0 saturated carbocycles. The average molecular weight is 456 g/mol. The van der Waals surface area contributed by atoms with Gasteiger partial charge in [-0.05, 0) is 25.1 Å². The van der Waals surface area contributed by atoms with Crippen molar-refractivity contribution in [3.63, 3.8) is 0 Å². The molecule has 0 fully saturated rings. The number of non-ortho nitro benzene ring substituents is 1. The van der Waals surface area contributed by atoms with Gasteiger partial charge in [0.15, 0.2) is 5.75 Å². The molecule has 0 spiro atoms. The Morgan fingerprint density at radius 3 is 2.45 bits per heavy atom. The van der Waals surface area contributed by atoms with E-state index in [0.717, 1.165) is 0 Å². The van der Waals surface area contributed by atoms with Crippen molar-refractivity contribution in [2.45, 2.75) is 6.92 Å². The van der Waals surface area contributed by atoms with Crippen LogP contribution in [0.3, 0.4) is 0 Å². The molecular formula is C18H13Cl3N4O4. The molecule has 3 rings (SSSR count). The molecule has 0 aliphatic heterocycles. The van der Waals surface area contributed by atoms with Crippen molar-refractivity contribution in [3.05, 3.63) is 77.1 Å². The molecule has 3 aromatic rings. The van der Waals surface area contributed by atoms with Crippen LogP contribution in [0.25, 0.3) is 5.69 Å². The zero-order chi connectivity index (χ0) is 21.3.